The number of rotatable bonds is 1. The van der Waals surface area contributed by atoms with Crippen LogP contribution in [0.15, 0.2) is 34.8 Å². The molecule has 2 rings (SSSR count). The maximum Gasteiger partial charge on any atom is 0.337 e. The highest BCUT2D eigenvalue weighted by Crippen LogP contribution is 2.35. The van der Waals surface area contributed by atoms with Gasteiger partial charge in [-0.2, -0.15) is 0 Å². The van der Waals surface area contributed by atoms with E-state index >= 15 is 0 Å². The van der Waals surface area contributed by atoms with Gasteiger partial charge in [-0.15, -0.1) is 0 Å². The van der Waals surface area contributed by atoms with Crippen LogP contribution in [0.3, 0.4) is 0 Å². The lowest BCUT2D eigenvalue weighted by Crippen LogP contribution is -1.97. The van der Waals surface area contributed by atoms with E-state index in [0.717, 1.165) is 0 Å². The number of hydrogen-bond donors (Lipinski definition) is 2. The molecular formula is C11H7BrO3. The van der Waals surface area contributed by atoms with E-state index in [1.165, 1.54) is 6.07 Å². The lowest BCUT2D eigenvalue weighted by molar-refractivity contribution is 0.0695. The summed E-state index contributed by atoms with van der Waals surface area (Å²) in [5, 5.41) is 20.0. The number of benzene rings is 2. The fourth-order valence-corrected chi connectivity index (χ4v) is 1.96. The van der Waals surface area contributed by atoms with Gasteiger partial charge in [0.2, 0.25) is 0 Å². The molecule has 0 atom stereocenters. The van der Waals surface area contributed by atoms with Gasteiger partial charge in [-0.25, -0.2) is 4.79 Å². The van der Waals surface area contributed by atoms with E-state index in [1.807, 2.05) is 0 Å². The molecule has 0 amide bonds. The third kappa shape index (κ3) is 1.57. The summed E-state index contributed by atoms with van der Waals surface area (Å²) in [6.45, 7) is 0. The SMILES string of the molecule is O=C(O)c1cc2ccccc2c(O)c1Br. The lowest BCUT2D eigenvalue weighted by atomic mass is 10.1. The molecule has 0 aliphatic carbocycles. The maximum absolute atomic E-state index is 10.9. The molecule has 15 heavy (non-hydrogen) atoms. The molecule has 0 saturated heterocycles. The van der Waals surface area contributed by atoms with E-state index in [0.29, 0.717) is 10.8 Å². The maximum atomic E-state index is 10.9. The first-order chi connectivity index (χ1) is 7.11. The van der Waals surface area contributed by atoms with Crippen LogP contribution >= 0.6 is 15.9 Å². The normalized spacial score (nSPS) is 10.5. The molecule has 76 valence electrons. The van der Waals surface area contributed by atoms with Crippen LogP contribution in [0, 0.1) is 0 Å². The monoisotopic (exact) mass is 266 g/mol. The minimum Gasteiger partial charge on any atom is -0.506 e. The minimum atomic E-state index is -1.07. The average Bonchev–Trinajstić information content (AvgIpc) is 2.23. The van der Waals surface area contributed by atoms with Gasteiger partial charge in [0.15, 0.2) is 0 Å². The van der Waals surface area contributed by atoms with Crippen LogP contribution in [0.4, 0.5) is 0 Å². The van der Waals surface area contributed by atoms with Crippen molar-refractivity contribution >= 4 is 32.7 Å². The van der Waals surface area contributed by atoms with Gasteiger partial charge in [0.05, 0.1) is 10.0 Å². The van der Waals surface area contributed by atoms with Gasteiger partial charge in [0, 0.05) is 5.39 Å². The van der Waals surface area contributed by atoms with E-state index < -0.39 is 5.97 Å². The fourth-order valence-electron chi connectivity index (χ4n) is 1.46. The average molecular weight is 267 g/mol. The number of phenols is 1. The van der Waals surface area contributed by atoms with E-state index in [-0.39, 0.29) is 15.8 Å². The number of halogens is 1. The van der Waals surface area contributed by atoms with Gasteiger partial charge in [-0.05, 0) is 27.4 Å². The Bertz CT molecular complexity index is 549. The first-order valence-corrected chi connectivity index (χ1v) is 5.04. The largest absolute Gasteiger partial charge is 0.506 e. The highest BCUT2D eigenvalue weighted by atomic mass is 79.9. The quantitative estimate of drug-likeness (QED) is 0.834. The van der Waals surface area contributed by atoms with E-state index in [1.54, 1.807) is 24.3 Å². The van der Waals surface area contributed by atoms with E-state index in [9.17, 15) is 9.90 Å². The molecule has 2 aromatic rings. The number of hydrogen-bond acceptors (Lipinski definition) is 2. The van der Waals surface area contributed by atoms with Crippen molar-refractivity contribution in [3.63, 3.8) is 0 Å². The summed E-state index contributed by atoms with van der Waals surface area (Å²) in [5.74, 6) is -1.10. The molecule has 0 radical (unpaired) electrons. The second kappa shape index (κ2) is 3.55. The Kier molecular flexibility index (Phi) is 2.36. The van der Waals surface area contributed by atoms with Crippen LogP contribution in [0.25, 0.3) is 10.8 Å². The molecule has 0 saturated carbocycles. The molecule has 0 aliphatic rings. The Morgan fingerprint density at radius 1 is 1.27 bits per heavy atom. The number of aromatic carboxylic acids is 1. The predicted molar refractivity (Wildman–Crippen MR) is 60.3 cm³/mol. The Balaban J connectivity index is 2.88. The Morgan fingerprint density at radius 2 is 1.93 bits per heavy atom. The molecule has 0 heterocycles. The third-order valence-corrected chi connectivity index (χ3v) is 2.99. The van der Waals surface area contributed by atoms with Crippen LogP contribution in [0.2, 0.25) is 0 Å². The van der Waals surface area contributed by atoms with Crippen molar-refractivity contribution in [1.29, 1.82) is 0 Å². The first-order valence-electron chi connectivity index (χ1n) is 4.25. The molecule has 2 aromatic carbocycles. The van der Waals surface area contributed by atoms with Gasteiger partial charge >= 0.3 is 5.97 Å². The van der Waals surface area contributed by atoms with Gasteiger partial charge < -0.3 is 10.2 Å². The Morgan fingerprint density at radius 3 is 2.60 bits per heavy atom. The topological polar surface area (TPSA) is 57.5 Å². The summed E-state index contributed by atoms with van der Waals surface area (Å²) in [6, 6.07) is 8.60. The molecular weight excluding hydrogens is 260 g/mol. The fraction of sp³-hybridized carbons (Fsp3) is 0. The summed E-state index contributed by atoms with van der Waals surface area (Å²) in [5.41, 5.74) is 0.0613. The second-order valence-electron chi connectivity index (χ2n) is 3.11. The summed E-state index contributed by atoms with van der Waals surface area (Å²) >= 11 is 3.07. The minimum absolute atomic E-state index is 0.0366. The van der Waals surface area contributed by atoms with Crippen LogP contribution < -0.4 is 0 Å². The summed E-state index contributed by atoms with van der Waals surface area (Å²) in [7, 11) is 0. The molecule has 0 aliphatic heterocycles. The van der Waals surface area contributed by atoms with Gasteiger partial charge in [0.25, 0.3) is 0 Å². The zero-order valence-electron chi connectivity index (χ0n) is 7.57. The third-order valence-electron chi connectivity index (χ3n) is 2.19. The zero-order valence-corrected chi connectivity index (χ0v) is 9.15. The Hall–Kier alpha value is -1.55. The number of fused-ring (bicyclic) bond motifs is 1. The highest BCUT2D eigenvalue weighted by molar-refractivity contribution is 9.10. The van der Waals surface area contributed by atoms with Gasteiger partial charge in [0.1, 0.15) is 5.75 Å². The second-order valence-corrected chi connectivity index (χ2v) is 3.91. The number of carboxylic acid groups (broad SMARTS) is 1. The number of phenolic OH excluding ortho intramolecular Hbond substituents is 1. The molecule has 0 bridgehead atoms. The highest BCUT2D eigenvalue weighted by Gasteiger charge is 2.14. The van der Waals surface area contributed by atoms with Crippen molar-refractivity contribution < 1.29 is 15.0 Å². The molecule has 0 fully saturated rings. The summed E-state index contributed by atoms with van der Waals surface area (Å²) < 4.78 is 0.216. The van der Waals surface area contributed by atoms with Crippen molar-refractivity contribution in [3.8, 4) is 5.75 Å². The van der Waals surface area contributed by atoms with Crippen LogP contribution in [0.5, 0.6) is 5.75 Å². The summed E-state index contributed by atoms with van der Waals surface area (Å²) in [6.07, 6.45) is 0. The lowest BCUT2D eigenvalue weighted by Gasteiger charge is -2.06. The van der Waals surface area contributed by atoms with Crippen molar-refractivity contribution in [2.75, 3.05) is 0 Å². The number of aromatic hydroxyl groups is 1. The predicted octanol–water partition coefficient (Wildman–Crippen LogP) is 3.01. The molecule has 0 aromatic heterocycles. The molecule has 4 heteroatoms. The molecule has 0 spiro atoms. The zero-order chi connectivity index (χ0) is 11.0. The first kappa shape index (κ1) is 9.98. The number of carbonyl (C=O) groups is 1. The Labute approximate surface area is 94.1 Å². The van der Waals surface area contributed by atoms with Crippen LogP contribution in [-0.4, -0.2) is 16.2 Å². The smallest absolute Gasteiger partial charge is 0.337 e. The summed E-state index contributed by atoms with van der Waals surface area (Å²) in [4.78, 5) is 10.9. The van der Waals surface area contributed by atoms with Crippen LogP contribution in [-0.2, 0) is 0 Å². The van der Waals surface area contributed by atoms with Crippen molar-refractivity contribution in [2.45, 2.75) is 0 Å². The van der Waals surface area contributed by atoms with Crippen molar-refractivity contribution in [2.24, 2.45) is 0 Å². The van der Waals surface area contributed by atoms with Crippen LogP contribution in [0.1, 0.15) is 10.4 Å². The van der Waals surface area contributed by atoms with E-state index in [4.69, 9.17) is 5.11 Å². The van der Waals surface area contributed by atoms with Crippen molar-refractivity contribution in [3.05, 3.63) is 40.4 Å². The van der Waals surface area contributed by atoms with Crippen molar-refractivity contribution in [1.82, 2.24) is 0 Å². The van der Waals surface area contributed by atoms with Gasteiger partial charge in [-0.3, -0.25) is 0 Å². The molecule has 3 nitrogen and oxygen atoms in total. The molecule has 0 unspecified atom stereocenters. The standard InChI is InChI=1S/C11H7BrO3/c12-9-8(11(14)15)5-6-3-1-2-4-7(6)10(9)13/h1-5,13H,(H,14,15). The van der Waals surface area contributed by atoms with E-state index in [2.05, 4.69) is 15.9 Å². The number of carboxylic acids is 1. The molecule has 2 N–H and O–H groups in total. The van der Waals surface area contributed by atoms with Gasteiger partial charge in [-0.1, -0.05) is 24.3 Å².